The van der Waals surface area contributed by atoms with Crippen LogP contribution < -0.4 is 20.1 Å². The molecule has 0 saturated carbocycles. The molecule has 0 saturated heterocycles. The minimum Gasteiger partial charge on any atom is -0.490 e. The van der Waals surface area contributed by atoms with Gasteiger partial charge in [-0.3, -0.25) is 29.8 Å². The molecule has 0 aliphatic carbocycles. The van der Waals surface area contributed by atoms with Crippen LogP contribution in [0.25, 0.3) is 0 Å². The van der Waals surface area contributed by atoms with E-state index in [1.807, 2.05) is 0 Å². The number of ether oxygens (including phenoxy) is 4. The van der Waals surface area contributed by atoms with E-state index in [4.69, 9.17) is 18.9 Å². The lowest BCUT2D eigenvalue weighted by Crippen LogP contribution is -2.38. The van der Waals surface area contributed by atoms with Crippen LogP contribution in [0.3, 0.4) is 0 Å². The number of benzene rings is 2. The van der Waals surface area contributed by atoms with Gasteiger partial charge in [-0.15, -0.1) is 0 Å². The number of nitro benzene ring substituents is 2. The maximum atomic E-state index is 12.1. The fourth-order valence-electron chi connectivity index (χ4n) is 2.85. The summed E-state index contributed by atoms with van der Waals surface area (Å²) in [6.07, 6.45) is 0. The summed E-state index contributed by atoms with van der Waals surface area (Å²) in [5.41, 5.74) is -1.20. The minimum absolute atomic E-state index is 0.0502. The van der Waals surface area contributed by atoms with Gasteiger partial charge in [-0.1, -0.05) is 0 Å². The van der Waals surface area contributed by atoms with E-state index in [1.165, 1.54) is 38.5 Å². The SMILES string of the molecule is COc1ccc(C(=O)OCC(=O)NCCNC(=O)COC(=O)c2ccc(OC)c([N+](=O)[O-])c2)cc1[N+](=O)[O-]. The molecule has 2 aromatic carbocycles. The van der Waals surface area contributed by atoms with E-state index in [1.54, 1.807) is 0 Å². The zero-order valence-corrected chi connectivity index (χ0v) is 20.1. The third-order valence-electron chi connectivity index (χ3n) is 4.66. The average molecular weight is 534 g/mol. The Balaban J connectivity index is 1.71. The van der Waals surface area contributed by atoms with Crippen LogP contribution in [0.2, 0.25) is 0 Å². The highest BCUT2D eigenvalue weighted by Gasteiger charge is 2.21. The van der Waals surface area contributed by atoms with E-state index in [0.29, 0.717) is 0 Å². The number of carbonyl (C=O) groups excluding carboxylic acids is 4. The van der Waals surface area contributed by atoms with Crippen LogP contribution >= 0.6 is 0 Å². The van der Waals surface area contributed by atoms with E-state index >= 15 is 0 Å². The first-order valence-corrected chi connectivity index (χ1v) is 10.6. The van der Waals surface area contributed by atoms with Crippen molar-refractivity contribution < 1.29 is 48.0 Å². The van der Waals surface area contributed by atoms with Gasteiger partial charge in [0.2, 0.25) is 0 Å². The Morgan fingerprint density at radius 3 is 1.39 bits per heavy atom. The van der Waals surface area contributed by atoms with Gasteiger partial charge in [0.1, 0.15) is 0 Å². The fraction of sp³-hybridized carbons (Fsp3) is 0.273. The molecule has 38 heavy (non-hydrogen) atoms. The third kappa shape index (κ3) is 8.14. The van der Waals surface area contributed by atoms with Gasteiger partial charge >= 0.3 is 23.3 Å². The molecule has 202 valence electrons. The van der Waals surface area contributed by atoms with Crippen molar-refractivity contribution in [3.8, 4) is 11.5 Å². The second kappa shape index (κ2) is 13.7. The van der Waals surface area contributed by atoms with Crippen molar-refractivity contribution in [1.82, 2.24) is 10.6 Å². The summed E-state index contributed by atoms with van der Waals surface area (Å²) < 4.78 is 19.3. The van der Waals surface area contributed by atoms with Gasteiger partial charge in [0.15, 0.2) is 24.7 Å². The second-order valence-electron chi connectivity index (χ2n) is 7.14. The Hall–Kier alpha value is -5.28. The standard InChI is InChI=1S/C22H22N4O12/c1-35-17-5-3-13(9-15(17)25(31)32)21(29)37-11-19(27)23-7-8-24-20(28)12-38-22(30)14-4-6-18(36-2)16(10-14)26(33)34/h3-6,9-10H,7-8,11-12H2,1-2H3,(H,23,27)(H,24,28). The lowest BCUT2D eigenvalue weighted by molar-refractivity contribution is -0.385. The summed E-state index contributed by atoms with van der Waals surface area (Å²) >= 11 is 0. The van der Waals surface area contributed by atoms with Crippen LogP contribution in [0.4, 0.5) is 11.4 Å². The molecule has 2 N–H and O–H groups in total. The van der Waals surface area contributed by atoms with Crippen LogP contribution in [0, 0.1) is 20.2 Å². The highest BCUT2D eigenvalue weighted by atomic mass is 16.6. The predicted octanol–water partition coefficient (Wildman–Crippen LogP) is 0.766. The van der Waals surface area contributed by atoms with E-state index in [-0.39, 0.29) is 35.7 Å². The van der Waals surface area contributed by atoms with Gasteiger partial charge in [0.25, 0.3) is 11.8 Å². The average Bonchev–Trinajstić information content (AvgIpc) is 2.91. The molecule has 0 atom stereocenters. The van der Waals surface area contributed by atoms with Crippen molar-refractivity contribution in [3.63, 3.8) is 0 Å². The van der Waals surface area contributed by atoms with E-state index in [9.17, 15) is 39.4 Å². The third-order valence-corrected chi connectivity index (χ3v) is 4.66. The lowest BCUT2D eigenvalue weighted by Gasteiger charge is -2.09. The molecule has 0 aliphatic rings. The molecule has 2 aromatic rings. The molecule has 0 bridgehead atoms. The van der Waals surface area contributed by atoms with Crippen molar-refractivity contribution in [3.05, 3.63) is 67.8 Å². The maximum Gasteiger partial charge on any atom is 0.338 e. The first-order chi connectivity index (χ1) is 18.1. The molecule has 0 aliphatic heterocycles. The molecule has 0 unspecified atom stereocenters. The minimum atomic E-state index is -0.969. The van der Waals surface area contributed by atoms with Crippen LogP contribution in [-0.2, 0) is 19.1 Å². The van der Waals surface area contributed by atoms with Crippen molar-refractivity contribution in [2.75, 3.05) is 40.5 Å². The number of amides is 2. The largest absolute Gasteiger partial charge is 0.490 e. The highest BCUT2D eigenvalue weighted by molar-refractivity contribution is 5.93. The number of nitrogens with zero attached hydrogens (tertiary/aromatic N) is 2. The van der Waals surface area contributed by atoms with E-state index in [0.717, 1.165) is 12.1 Å². The molecular formula is C22H22N4O12. The Morgan fingerprint density at radius 2 is 1.08 bits per heavy atom. The van der Waals surface area contributed by atoms with Crippen LogP contribution in [0.1, 0.15) is 20.7 Å². The number of methoxy groups -OCH3 is 2. The van der Waals surface area contributed by atoms with Crippen molar-refractivity contribution in [2.24, 2.45) is 0 Å². The lowest BCUT2D eigenvalue weighted by atomic mass is 10.2. The van der Waals surface area contributed by atoms with Gasteiger partial charge in [-0.05, 0) is 24.3 Å². The molecule has 0 spiro atoms. The van der Waals surface area contributed by atoms with E-state index < -0.39 is 58.2 Å². The van der Waals surface area contributed by atoms with Gasteiger partial charge in [0, 0.05) is 25.2 Å². The van der Waals surface area contributed by atoms with Gasteiger partial charge in [-0.25, -0.2) is 9.59 Å². The number of hydrogen-bond donors (Lipinski definition) is 2. The van der Waals surface area contributed by atoms with Crippen LogP contribution in [0.15, 0.2) is 36.4 Å². The summed E-state index contributed by atoms with van der Waals surface area (Å²) in [5, 5.41) is 26.8. The van der Waals surface area contributed by atoms with Crippen LogP contribution in [-0.4, -0.2) is 74.1 Å². The maximum absolute atomic E-state index is 12.1. The summed E-state index contributed by atoms with van der Waals surface area (Å²) in [7, 11) is 2.47. The van der Waals surface area contributed by atoms with Crippen LogP contribution in [0.5, 0.6) is 11.5 Å². The monoisotopic (exact) mass is 534 g/mol. The van der Waals surface area contributed by atoms with Crippen molar-refractivity contribution in [1.29, 1.82) is 0 Å². The van der Waals surface area contributed by atoms with Crippen molar-refractivity contribution in [2.45, 2.75) is 0 Å². The summed E-state index contributed by atoms with van der Waals surface area (Å²) in [5.74, 6) is -3.45. The Labute approximate surface area is 214 Å². The fourth-order valence-corrected chi connectivity index (χ4v) is 2.85. The number of nitrogens with one attached hydrogen (secondary N) is 2. The second-order valence-corrected chi connectivity index (χ2v) is 7.14. The molecule has 0 radical (unpaired) electrons. The number of hydrogen-bond acceptors (Lipinski definition) is 12. The molecule has 0 fully saturated rings. The summed E-state index contributed by atoms with van der Waals surface area (Å²) in [4.78, 5) is 68.4. The Bertz CT molecular complexity index is 1150. The number of carbonyl (C=O) groups is 4. The number of esters is 2. The van der Waals surface area contributed by atoms with Gasteiger partial charge in [0.05, 0.1) is 35.2 Å². The molecule has 2 rings (SSSR count). The Kier molecular flexibility index (Phi) is 10.4. The normalized spacial score (nSPS) is 10.1. The predicted molar refractivity (Wildman–Crippen MR) is 126 cm³/mol. The first-order valence-electron chi connectivity index (χ1n) is 10.6. The Morgan fingerprint density at radius 1 is 0.711 bits per heavy atom. The summed E-state index contributed by atoms with van der Waals surface area (Å²) in [6, 6.07) is 6.83. The molecule has 16 nitrogen and oxygen atoms in total. The zero-order valence-electron chi connectivity index (χ0n) is 20.1. The molecule has 2 amide bonds. The smallest absolute Gasteiger partial charge is 0.338 e. The highest BCUT2D eigenvalue weighted by Crippen LogP contribution is 2.28. The number of rotatable bonds is 13. The number of nitro groups is 2. The van der Waals surface area contributed by atoms with Gasteiger partial charge in [-0.2, -0.15) is 0 Å². The van der Waals surface area contributed by atoms with E-state index in [2.05, 4.69) is 10.6 Å². The molecule has 0 aromatic heterocycles. The molecular weight excluding hydrogens is 512 g/mol. The topological polar surface area (TPSA) is 216 Å². The zero-order chi connectivity index (χ0) is 28.2. The quantitative estimate of drug-likeness (QED) is 0.158. The van der Waals surface area contributed by atoms with Gasteiger partial charge < -0.3 is 29.6 Å². The first kappa shape index (κ1) is 29.0. The van der Waals surface area contributed by atoms with Crippen molar-refractivity contribution >= 4 is 35.1 Å². The molecule has 16 heteroatoms. The molecule has 0 heterocycles. The summed E-state index contributed by atoms with van der Waals surface area (Å²) in [6.45, 7) is -1.49.